The quantitative estimate of drug-likeness (QED) is 0.541. The second-order valence-electron chi connectivity index (χ2n) is 7.39. The molecule has 0 aromatic heterocycles. The van der Waals surface area contributed by atoms with E-state index in [-0.39, 0.29) is 35.6 Å². The van der Waals surface area contributed by atoms with Crippen LogP contribution in [0.5, 0.6) is 0 Å². The average Bonchev–Trinajstić information content (AvgIpc) is 2.67. The molecule has 3 N–H and O–H groups in total. The van der Waals surface area contributed by atoms with Crippen LogP contribution in [0.2, 0.25) is 0 Å². The van der Waals surface area contributed by atoms with Crippen molar-refractivity contribution in [1.82, 2.24) is 15.4 Å². The number of carbonyl (C=O) groups is 2. The molecule has 1 aromatic rings. The molecule has 28 heavy (non-hydrogen) atoms. The molecule has 156 valence electrons. The van der Waals surface area contributed by atoms with E-state index in [0.717, 1.165) is 31.2 Å². The minimum Gasteiger partial charge on any atom is -0.354 e. The fraction of sp³-hybridized carbons (Fsp3) is 0.600. The van der Waals surface area contributed by atoms with E-state index in [9.17, 15) is 18.0 Å². The lowest BCUT2D eigenvalue weighted by Crippen LogP contribution is -2.38. The highest BCUT2D eigenvalue weighted by Crippen LogP contribution is 2.23. The Morgan fingerprint density at radius 2 is 1.68 bits per heavy atom. The SMILES string of the molecule is Cc1ccc(C)c(S(=O)(=O)NCCC(=O)NCCNC(=O)C2CCCCC2)c1. The van der Waals surface area contributed by atoms with Crippen LogP contribution in [0.1, 0.15) is 49.7 Å². The molecule has 0 atom stereocenters. The summed E-state index contributed by atoms with van der Waals surface area (Å²) < 4.78 is 27.2. The van der Waals surface area contributed by atoms with Crippen molar-refractivity contribution < 1.29 is 18.0 Å². The Morgan fingerprint density at radius 1 is 1.00 bits per heavy atom. The lowest BCUT2D eigenvalue weighted by atomic mass is 9.89. The van der Waals surface area contributed by atoms with Gasteiger partial charge in [0.25, 0.3) is 0 Å². The van der Waals surface area contributed by atoms with Crippen LogP contribution in [-0.2, 0) is 19.6 Å². The molecule has 0 spiro atoms. The van der Waals surface area contributed by atoms with Crippen LogP contribution in [0.25, 0.3) is 0 Å². The number of hydrogen-bond acceptors (Lipinski definition) is 4. The second-order valence-corrected chi connectivity index (χ2v) is 9.13. The van der Waals surface area contributed by atoms with E-state index in [1.165, 1.54) is 6.42 Å². The Bertz CT molecular complexity index is 787. The van der Waals surface area contributed by atoms with Crippen LogP contribution in [0, 0.1) is 19.8 Å². The van der Waals surface area contributed by atoms with Gasteiger partial charge in [-0.3, -0.25) is 9.59 Å². The Hall–Kier alpha value is -1.93. The highest BCUT2D eigenvalue weighted by Gasteiger charge is 2.20. The van der Waals surface area contributed by atoms with Crippen molar-refractivity contribution >= 4 is 21.8 Å². The van der Waals surface area contributed by atoms with Gasteiger partial charge in [-0.25, -0.2) is 13.1 Å². The molecule has 0 bridgehead atoms. The van der Waals surface area contributed by atoms with E-state index < -0.39 is 10.0 Å². The van der Waals surface area contributed by atoms with Crippen LogP contribution < -0.4 is 15.4 Å². The van der Waals surface area contributed by atoms with Crippen LogP contribution in [0.15, 0.2) is 23.1 Å². The van der Waals surface area contributed by atoms with Crippen molar-refractivity contribution in [3.63, 3.8) is 0 Å². The number of hydrogen-bond donors (Lipinski definition) is 3. The van der Waals surface area contributed by atoms with E-state index in [0.29, 0.717) is 18.7 Å². The number of benzene rings is 1. The standard InChI is InChI=1S/C20H31N3O4S/c1-15-8-9-16(2)18(14-15)28(26,27)23-11-10-19(24)21-12-13-22-20(25)17-6-4-3-5-7-17/h8-9,14,17,23H,3-7,10-13H2,1-2H3,(H,21,24)(H,22,25). The Labute approximate surface area is 167 Å². The van der Waals surface area contributed by atoms with Gasteiger partial charge in [0.1, 0.15) is 0 Å². The zero-order valence-electron chi connectivity index (χ0n) is 16.7. The first-order chi connectivity index (χ1) is 13.3. The van der Waals surface area contributed by atoms with Crippen molar-refractivity contribution in [2.75, 3.05) is 19.6 Å². The number of amides is 2. The van der Waals surface area contributed by atoms with E-state index in [2.05, 4.69) is 15.4 Å². The fourth-order valence-corrected chi connectivity index (χ4v) is 4.72. The Kier molecular flexibility index (Phi) is 8.44. The summed E-state index contributed by atoms with van der Waals surface area (Å²) in [5.74, 6) is -0.0882. The van der Waals surface area contributed by atoms with Gasteiger partial charge in [-0.15, -0.1) is 0 Å². The lowest BCUT2D eigenvalue weighted by Gasteiger charge is -2.20. The molecular formula is C20H31N3O4S. The minimum atomic E-state index is -3.64. The van der Waals surface area contributed by atoms with Crippen LogP contribution >= 0.6 is 0 Å². The van der Waals surface area contributed by atoms with E-state index >= 15 is 0 Å². The Morgan fingerprint density at radius 3 is 2.39 bits per heavy atom. The minimum absolute atomic E-state index is 0.0238. The van der Waals surface area contributed by atoms with Gasteiger partial charge in [0.2, 0.25) is 21.8 Å². The summed E-state index contributed by atoms with van der Waals surface area (Å²) in [6.45, 7) is 4.31. The average molecular weight is 410 g/mol. The van der Waals surface area contributed by atoms with Crippen LogP contribution in [-0.4, -0.2) is 39.9 Å². The van der Waals surface area contributed by atoms with Crippen LogP contribution in [0.4, 0.5) is 0 Å². The van der Waals surface area contributed by atoms with Gasteiger partial charge in [0.05, 0.1) is 4.90 Å². The van der Waals surface area contributed by atoms with Gasteiger partial charge in [0.15, 0.2) is 0 Å². The molecular weight excluding hydrogens is 378 g/mol. The molecule has 7 nitrogen and oxygen atoms in total. The number of aryl methyl sites for hydroxylation is 2. The van der Waals surface area contributed by atoms with E-state index in [1.54, 1.807) is 19.1 Å². The van der Waals surface area contributed by atoms with Crippen molar-refractivity contribution in [3.05, 3.63) is 29.3 Å². The summed E-state index contributed by atoms with van der Waals surface area (Å²) in [4.78, 5) is 24.1. The van der Waals surface area contributed by atoms with Gasteiger partial charge in [-0.2, -0.15) is 0 Å². The molecule has 1 aliphatic carbocycles. The predicted molar refractivity (Wildman–Crippen MR) is 108 cm³/mol. The first kappa shape index (κ1) is 22.4. The third-order valence-electron chi connectivity index (χ3n) is 5.00. The first-order valence-electron chi connectivity index (χ1n) is 9.91. The van der Waals surface area contributed by atoms with Crippen molar-refractivity contribution in [2.45, 2.75) is 57.3 Å². The molecule has 1 aliphatic rings. The molecule has 1 saturated carbocycles. The van der Waals surface area contributed by atoms with E-state index in [1.807, 2.05) is 13.0 Å². The maximum atomic E-state index is 12.4. The lowest BCUT2D eigenvalue weighted by molar-refractivity contribution is -0.126. The smallest absolute Gasteiger partial charge is 0.240 e. The van der Waals surface area contributed by atoms with Crippen molar-refractivity contribution in [1.29, 1.82) is 0 Å². The third-order valence-corrected chi connectivity index (χ3v) is 6.60. The van der Waals surface area contributed by atoms with Gasteiger partial charge < -0.3 is 10.6 Å². The molecule has 0 saturated heterocycles. The number of carbonyl (C=O) groups excluding carboxylic acids is 2. The number of sulfonamides is 1. The van der Waals surface area contributed by atoms with Crippen LogP contribution in [0.3, 0.4) is 0 Å². The van der Waals surface area contributed by atoms with Gasteiger partial charge in [-0.05, 0) is 43.9 Å². The molecule has 8 heteroatoms. The highest BCUT2D eigenvalue weighted by atomic mass is 32.2. The molecule has 1 fully saturated rings. The Balaban J connectivity index is 1.65. The maximum absolute atomic E-state index is 12.4. The summed E-state index contributed by atoms with van der Waals surface area (Å²) in [6, 6.07) is 5.24. The predicted octanol–water partition coefficient (Wildman–Crippen LogP) is 1.78. The fourth-order valence-electron chi connectivity index (χ4n) is 3.36. The van der Waals surface area contributed by atoms with Gasteiger partial charge in [-0.1, -0.05) is 31.4 Å². The monoisotopic (exact) mass is 409 g/mol. The third kappa shape index (κ3) is 6.91. The largest absolute Gasteiger partial charge is 0.354 e. The number of nitrogens with one attached hydrogen (secondary N) is 3. The molecule has 0 aliphatic heterocycles. The molecule has 0 unspecified atom stereocenters. The summed E-state index contributed by atoms with van der Waals surface area (Å²) in [5, 5.41) is 5.55. The molecule has 1 aromatic carbocycles. The second kappa shape index (κ2) is 10.6. The zero-order valence-corrected chi connectivity index (χ0v) is 17.5. The highest BCUT2D eigenvalue weighted by molar-refractivity contribution is 7.89. The van der Waals surface area contributed by atoms with Crippen molar-refractivity contribution in [3.8, 4) is 0 Å². The molecule has 2 rings (SSSR count). The summed E-state index contributed by atoms with van der Waals surface area (Å²) >= 11 is 0. The van der Waals surface area contributed by atoms with E-state index in [4.69, 9.17) is 0 Å². The summed E-state index contributed by atoms with van der Waals surface area (Å²) in [7, 11) is -3.64. The molecule has 0 radical (unpaired) electrons. The topological polar surface area (TPSA) is 104 Å². The zero-order chi connectivity index (χ0) is 20.6. The summed E-state index contributed by atoms with van der Waals surface area (Å²) in [6.07, 6.45) is 5.34. The maximum Gasteiger partial charge on any atom is 0.240 e. The molecule has 0 heterocycles. The summed E-state index contributed by atoms with van der Waals surface area (Å²) in [5.41, 5.74) is 1.52. The van der Waals surface area contributed by atoms with Gasteiger partial charge >= 0.3 is 0 Å². The number of rotatable bonds is 9. The van der Waals surface area contributed by atoms with Gasteiger partial charge in [0, 0.05) is 32.0 Å². The normalized spacial score (nSPS) is 15.2. The first-order valence-corrected chi connectivity index (χ1v) is 11.4. The van der Waals surface area contributed by atoms with Crippen molar-refractivity contribution in [2.24, 2.45) is 5.92 Å². The molecule has 2 amide bonds.